The molecule has 1 aliphatic rings. The Balaban J connectivity index is 2.07. The molecule has 2 aromatic rings. The maximum atomic E-state index is 4.07. The van der Waals surface area contributed by atoms with Gasteiger partial charge in [-0.25, -0.2) is 0 Å². The Kier molecular flexibility index (Phi) is 3.26. The average Bonchev–Trinajstić information content (AvgIpc) is 2.47. The van der Waals surface area contributed by atoms with Gasteiger partial charge in [0.1, 0.15) is 0 Å². The highest BCUT2D eigenvalue weighted by atomic mass is 32.2. The van der Waals surface area contributed by atoms with E-state index < -0.39 is 0 Å². The lowest BCUT2D eigenvalue weighted by molar-refractivity contribution is -0.411. The maximum Gasteiger partial charge on any atom is 0.205 e. The van der Waals surface area contributed by atoms with Crippen molar-refractivity contribution in [2.45, 2.75) is 11.8 Å². The molecule has 0 N–H and O–H groups in total. The summed E-state index contributed by atoms with van der Waals surface area (Å²) in [5.41, 5.74) is 4.92. The first-order chi connectivity index (χ1) is 9.25. The van der Waals surface area contributed by atoms with E-state index in [9.17, 15) is 0 Å². The van der Waals surface area contributed by atoms with Gasteiger partial charge >= 0.3 is 0 Å². The molecule has 1 heterocycles. The summed E-state index contributed by atoms with van der Waals surface area (Å²) in [5, 5.41) is 0. The molecule has 19 heavy (non-hydrogen) atoms. The first-order valence-corrected chi connectivity index (χ1v) is 7.32. The van der Waals surface area contributed by atoms with Crippen LogP contribution in [0.15, 0.2) is 60.0 Å². The molecule has 1 aliphatic heterocycles. The fourth-order valence-electron chi connectivity index (χ4n) is 2.26. The summed E-state index contributed by atoms with van der Waals surface area (Å²) < 4.78 is 2.29. The summed E-state index contributed by atoms with van der Waals surface area (Å²) in [6.45, 7) is 6.14. The predicted octanol–water partition coefficient (Wildman–Crippen LogP) is 4.55. The van der Waals surface area contributed by atoms with Crippen molar-refractivity contribution < 1.29 is 4.58 Å². The van der Waals surface area contributed by atoms with Gasteiger partial charge in [0.25, 0.3) is 0 Å². The number of hydrogen-bond acceptors (Lipinski definition) is 1. The van der Waals surface area contributed by atoms with Gasteiger partial charge in [-0.2, -0.15) is 4.58 Å². The van der Waals surface area contributed by atoms with E-state index in [0.29, 0.717) is 0 Å². The third-order valence-electron chi connectivity index (χ3n) is 3.24. The molecule has 0 atom stereocenters. The van der Waals surface area contributed by atoms with E-state index in [-0.39, 0.29) is 0 Å². The lowest BCUT2D eigenvalue weighted by atomic mass is 10.1. The van der Waals surface area contributed by atoms with Crippen LogP contribution >= 0.6 is 11.8 Å². The van der Waals surface area contributed by atoms with Crippen molar-refractivity contribution in [3.8, 4) is 0 Å². The number of fused-ring (bicyclic) bond motifs is 1. The number of hydrogen-bond donors (Lipinski definition) is 0. The van der Waals surface area contributed by atoms with E-state index in [1.165, 1.54) is 21.7 Å². The van der Waals surface area contributed by atoms with Gasteiger partial charge in [0.15, 0.2) is 12.1 Å². The standard InChI is InChI=1S/C17H16NS/c1-13(2)16-10-6-7-14-11-18(12-19-17(14)16)15-8-4-3-5-9-15/h3-11H,1,12H2,2H3/q+1. The van der Waals surface area contributed by atoms with Crippen LogP contribution in [0.3, 0.4) is 0 Å². The highest BCUT2D eigenvalue weighted by molar-refractivity contribution is 7.99. The molecule has 0 amide bonds. The Labute approximate surface area is 118 Å². The first kappa shape index (κ1) is 12.2. The number of para-hydroxylation sites is 1. The van der Waals surface area contributed by atoms with Gasteiger partial charge in [-0.15, -0.1) is 0 Å². The van der Waals surface area contributed by atoms with Crippen molar-refractivity contribution in [2.24, 2.45) is 0 Å². The van der Waals surface area contributed by atoms with Gasteiger partial charge in [-0.3, -0.25) is 0 Å². The quantitative estimate of drug-likeness (QED) is 0.721. The molecule has 0 fully saturated rings. The van der Waals surface area contributed by atoms with Crippen molar-refractivity contribution in [1.82, 2.24) is 0 Å². The zero-order chi connectivity index (χ0) is 13.2. The van der Waals surface area contributed by atoms with E-state index in [2.05, 4.69) is 66.8 Å². The Bertz CT molecular complexity index is 656. The topological polar surface area (TPSA) is 3.01 Å². The summed E-state index contributed by atoms with van der Waals surface area (Å²) in [7, 11) is 0. The molecule has 0 aliphatic carbocycles. The van der Waals surface area contributed by atoms with E-state index >= 15 is 0 Å². The molecule has 2 heteroatoms. The molecule has 2 aromatic carbocycles. The first-order valence-electron chi connectivity index (χ1n) is 6.34. The number of rotatable bonds is 2. The van der Waals surface area contributed by atoms with Crippen LogP contribution in [0, 0.1) is 0 Å². The van der Waals surface area contributed by atoms with Gasteiger partial charge in [0.2, 0.25) is 5.69 Å². The lowest BCUT2D eigenvalue weighted by Crippen LogP contribution is -2.13. The summed E-state index contributed by atoms with van der Waals surface area (Å²) >= 11 is 1.88. The number of nitrogens with zero attached hydrogens (tertiary/aromatic N) is 1. The van der Waals surface area contributed by atoms with Crippen LogP contribution in [0.1, 0.15) is 18.1 Å². The van der Waals surface area contributed by atoms with Gasteiger partial charge in [-0.05, 0) is 24.1 Å². The van der Waals surface area contributed by atoms with Crippen LogP contribution in [0.2, 0.25) is 0 Å². The van der Waals surface area contributed by atoms with Crippen LogP contribution in [-0.2, 0) is 0 Å². The Morgan fingerprint density at radius 3 is 2.63 bits per heavy atom. The zero-order valence-corrected chi connectivity index (χ0v) is 11.8. The Morgan fingerprint density at radius 1 is 1.11 bits per heavy atom. The van der Waals surface area contributed by atoms with Crippen molar-refractivity contribution in [3.05, 3.63) is 66.2 Å². The monoisotopic (exact) mass is 266 g/mol. The molecule has 94 valence electrons. The second-order valence-corrected chi connectivity index (χ2v) is 5.67. The molecule has 0 bridgehead atoms. The van der Waals surface area contributed by atoms with Crippen LogP contribution in [0.25, 0.3) is 5.57 Å². The van der Waals surface area contributed by atoms with E-state index in [1.807, 2.05) is 17.8 Å². The zero-order valence-electron chi connectivity index (χ0n) is 11.0. The second kappa shape index (κ2) is 5.06. The highest BCUT2D eigenvalue weighted by Gasteiger charge is 2.20. The molecule has 0 radical (unpaired) electrons. The molecule has 0 aromatic heterocycles. The number of benzene rings is 2. The Hall–Kier alpha value is -1.80. The second-order valence-electron chi connectivity index (χ2n) is 4.71. The Morgan fingerprint density at radius 2 is 1.89 bits per heavy atom. The minimum absolute atomic E-state index is 0.946. The van der Waals surface area contributed by atoms with E-state index in [4.69, 9.17) is 0 Å². The van der Waals surface area contributed by atoms with Crippen LogP contribution in [0.5, 0.6) is 0 Å². The minimum atomic E-state index is 0.946. The number of thioether (sulfide) groups is 1. The molecular formula is C17H16NS+. The van der Waals surface area contributed by atoms with Gasteiger partial charge in [0.05, 0.1) is 5.56 Å². The maximum absolute atomic E-state index is 4.07. The highest BCUT2D eigenvalue weighted by Crippen LogP contribution is 2.34. The fraction of sp³-hybridized carbons (Fsp3) is 0.118. The molecule has 3 rings (SSSR count). The van der Waals surface area contributed by atoms with E-state index in [1.54, 1.807) is 0 Å². The van der Waals surface area contributed by atoms with E-state index in [0.717, 1.165) is 11.4 Å². The molecule has 0 saturated carbocycles. The lowest BCUT2D eigenvalue weighted by Gasteiger charge is -2.15. The van der Waals surface area contributed by atoms with Crippen LogP contribution in [0.4, 0.5) is 5.69 Å². The SMILES string of the molecule is C=C(C)c1cccc2c1SC[N+](c1ccccc1)=C2. The summed E-state index contributed by atoms with van der Waals surface area (Å²) in [6, 6.07) is 16.9. The summed E-state index contributed by atoms with van der Waals surface area (Å²) in [6.07, 6.45) is 2.23. The van der Waals surface area contributed by atoms with Crippen molar-refractivity contribution in [2.75, 3.05) is 5.88 Å². The van der Waals surface area contributed by atoms with Gasteiger partial charge in [0, 0.05) is 17.0 Å². The number of allylic oxidation sites excluding steroid dienone is 1. The summed E-state index contributed by atoms with van der Waals surface area (Å²) in [4.78, 5) is 1.35. The molecule has 0 unspecified atom stereocenters. The molecule has 0 saturated heterocycles. The third kappa shape index (κ3) is 2.36. The third-order valence-corrected chi connectivity index (χ3v) is 4.39. The minimum Gasteiger partial charge on any atom is -0.188 e. The molecule has 1 nitrogen and oxygen atoms in total. The predicted molar refractivity (Wildman–Crippen MR) is 83.4 cm³/mol. The van der Waals surface area contributed by atoms with Crippen molar-refractivity contribution >= 4 is 29.2 Å². The van der Waals surface area contributed by atoms with Crippen molar-refractivity contribution in [1.29, 1.82) is 0 Å². The van der Waals surface area contributed by atoms with Gasteiger partial charge < -0.3 is 0 Å². The van der Waals surface area contributed by atoms with Crippen molar-refractivity contribution in [3.63, 3.8) is 0 Å². The van der Waals surface area contributed by atoms with Crippen LogP contribution < -0.4 is 0 Å². The van der Waals surface area contributed by atoms with Crippen LogP contribution in [-0.4, -0.2) is 16.7 Å². The largest absolute Gasteiger partial charge is 0.205 e. The fourth-order valence-corrected chi connectivity index (χ4v) is 3.44. The van der Waals surface area contributed by atoms with Gasteiger partial charge in [-0.1, -0.05) is 48.7 Å². The normalized spacial score (nSPS) is 13.6. The average molecular weight is 266 g/mol. The summed E-state index contributed by atoms with van der Waals surface area (Å²) in [5.74, 6) is 0.946. The molecule has 0 spiro atoms. The molecular weight excluding hydrogens is 250 g/mol. The smallest absolute Gasteiger partial charge is 0.188 e.